The molecule has 1 amide bonds. The summed E-state index contributed by atoms with van der Waals surface area (Å²) in [6, 6.07) is 15.1. The van der Waals surface area contributed by atoms with Crippen LogP contribution in [0, 0.1) is 0 Å². The first-order chi connectivity index (χ1) is 12.4. The number of nitrogens with one attached hydrogen (secondary N) is 1. The van der Waals surface area contributed by atoms with Crippen LogP contribution >= 0.6 is 11.3 Å². The van der Waals surface area contributed by atoms with Crippen LogP contribution in [0.15, 0.2) is 60.7 Å². The fourth-order valence-corrected chi connectivity index (χ4v) is 3.36. The summed E-state index contributed by atoms with van der Waals surface area (Å²) >= 11 is 1.01. The van der Waals surface area contributed by atoms with Gasteiger partial charge in [0.05, 0.1) is 17.6 Å². The van der Waals surface area contributed by atoms with Gasteiger partial charge in [-0.05, 0) is 42.5 Å². The Bertz CT molecular complexity index is 917. The summed E-state index contributed by atoms with van der Waals surface area (Å²) in [6.07, 6.45) is -4.45. The van der Waals surface area contributed by atoms with Crippen LogP contribution in [0.2, 0.25) is 0 Å². The molecule has 0 unspecified atom stereocenters. The van der Waals surface area contributed by atoms with E-state index >= 15 is 0 Å². The summed E-state index contributed by atoms with van der Waals surface area (Å²) in [5.41, 5.74) is -0.0844. The third-order valence-corrected chi connectivity index (χ3v) is 4.79. The molecule has 1 N–H and O–H groups in total. The smallest absolute Gasteiger partial charge is 0.417 e. The molecule has 1 aromatic heterocycles. The zero-order valence-electron chi connectivity index (χ0n) is 13.6. The highest BCUT2D eigenvalue weighted by molar-refractivity contribution is 7.17. The van der Waals surface area contributed by atoms with Crippen LogP contribution < -0.4 is 10.1 Å². The molecule has 0 saturated heterocycles. The number of thiophene rings is 1. The normalized spacial score (nSPS) is 11.2. The molecule has 134 valence electrons. The summed E-state index contributed by atoms with van der Waals surface area (Å²) in [6.45, 7) is 0. The van der Waals surface area contributed by atoms with Gasteiger partial charge in [0, 0.05) is 16.1 Å². The van der Waals surface area contributed by atoms with Crippen molar-refractivity contribution in [3.8, 4) is 16.2 Å². The molecule has 2 aromatic carbocycles. The Morgan fingerprint density at radius 1 is 1.00 bits per heavy atom. The number of benzene rings is 2. The number of ether oxygens (including phenoxy) is 1. The molecular formula is C19H14F3NO2S. The van der Waals surface area contributed by atoms with Crippen molar-refractivity contribution in [1.82, 2.24) is 0 Å². The molecule has 0 atom stereocenters. The quantitative estimate of drug-likeness (QED) is 0.634. The Morgan fingerprint density at radius 2 is 1.69 bits per heavy atom. The number of carbonyl (C=O) groups is 1. The number of rotatable bonds is 4. The molecular weight excluding hydrogens is 363 g/mol. The predicted octanol–water partition coefficient (Wildman–Crippen LogP) is 5.69. The maximum atomic E-state index is 13.2. The van der Waals surface area contributed by atoms with Crippen LogP contribution in [0.3, 0.4) is 0 Å². The number of carbonyl (C=O) groups excluding carboxylic acids is 1. The SMILES string of the molecule is COc1ccc(NC(=O)c2ccc(-c3ccccc3C(F)(F)F)s2)cc1. The average Bonchev–Trinajstić information content (AvgIpc) is 3.12. The maximum absolute atomic E-state index is 13.2. The first kappa shape index (κ1) is 18.0. The molecule has 3 rings (SSSR count). The van der Waals surface area contributed by atoms with E-state index in [-0.39, 0.29) is 11.5 Å². The van der Waals surface area contributed by atoms with Gasteiger partial charge in [0.1, 0.15) is 5.75 Å². The van der Waals surface area contributed by atoms with E-state index in [2.05, 4.69) is 5.32 Å². The summed E-state index contributed by atoms with van der Waals surface area (Å²) < 4.78 is 44.5. The Hall–Kier alpha value is -2.80. The molecule has 0 bridgehead atoms. The zero-order valence-corrected chi connectivity index (χ0v) is 14.4. The van der Waals surface area contributed by atoms with Gasteiger partial charge in [-0.3, -0.25) is 4.79 Å². The topological polar surface area (TPSA) is 38.3 Å². The van der Waals surface area contributed by atoms with Gasteiger partial charge in [0.25, 0.3) is 5.91 Å². The van der Waals surface area contributed by atoms with E-state index in [1.165, 1.54) is 24.3 Å². The number of methoxy groups -OCH3 is 1. The monoisotopic (exact) mass is 377 g/mol. The Labute approximate surface area is 152 Å². The van der Waals surface area contributed by atoms with Gasteiger partial charge in [0.2, 0.25) is 0 Å². The number of amides is 1. The molecule has 0 fully saturated rings. The maximum Gasteiger partial charge on any atom is 0.417 e. The van der Waals surface area contributed by atoms with Crippen LogP contribution in [0.5, 0.6) is 5.75 Å². The summed E-state index contributed by atoms with van der Waals surface area (Å²) in [5.74, 6) is 0.279. The van der Waals surface area contributed by atoms with Crippen molar-refractivity contribution in [2.24, 2.45) is 0 Å². The van der Waals surface area contributed by atoms with Crippen molar-refractivity contribution in [2.75, 3.05) is 12.4 Å². The Balaban J connectivity index is 1.83. The lowest BCUT2D eigenvalue weighted by atomic mass is 10.1. The molecule has 0 saturated carbocycles. The number of hydrogen-bond acceptors (Lipinski definition) is 3. The standard InChI is InChI=1S/C19H14F3NO2S/c1-25-13-8-6-12(7-9-13)23-18(24)17-11-10-16(26-17)14-4-2-3-5-15(14)19(20,21)22/h2-11H,1H3,(H,23,24). The minimum absolute atomic E-state index is 0.0634. The van der Waals surface area contributed by atoms with Gasteiger partial charge < -0.3 is 10.1 Å². The second-order valence-electron chi connectivity index (χ2n) is 5.39. The first-order valence-electron chi connectivity index (χ1n) is 7.60. The number of alkyl halides is 3. The second-order valence-corrected chi connectivity index (χ2v) is 6.47. The van der Waals surface area contributed by atoms with Crippen molar-refractivity contribution < 1.29 is 22.7 Å². The first-order valence-corrected chi connectivity index (χ1v) is 8.42. The van der Waals surface area contributed by atoms with E-state index in [1.54, 1.807) is 37.4 Å². The lowest BCUT2D eigenvalue weighted by Gasteiger charge is -2.11. The molecule has 0 aliphatic carbocycles. The van der Waals surface area contributed by atoms with Crippen molar-refractivity contribution in [3.05, 3.63) is 71.1 Å². The van der Waals surface area contributed by atoms with Crippen molar-refractivity contribution in [2.45, 2.75) is 6.18 Å². The van der Waals surface area contributed by atoms with Crippen LogP contribution in [0.1, 0.15) is 15.2 Å². The van der Waals surface area contributed by atoms with E-state index < -0.39 is 11.7 Å². The highest BCUT2D eigenvalue weighted by Gasteiger charge is 2.33. The molecule has 7 heteroatoms. The highest BCUT2D eigenvalue weighted by Crippen LogP contribution is 2.39. The third kappa shape index (κ3) is 3.88. The fourth-order valence-electron chi connectivity index (χ4n) is 2.42. The van der Waals surface area contributed by atoms with Crippen LogP contribution in [-0.4, -0.2) is 13.0 Å². The van der Waals surface area contributed by atoms with Gasteiger partial charge in [-0.25, -0.2) is 0 Å². The average molecular weight is 377 g/mol. The van der Waals surface area contributed by atoms with E-state index in [0.717, 1.165) is 17.4 Å². The van der Waals surface area contributed by atoms with Crippen molar-refractivity contribution >= 4 is 22.9 Å². The zero-order chi connectivity index (χ0) is 18.7. The van der Waals surface area contributed by atoms with Gasteiger partial charge in [0.15, 0.2) is 0 Å². The second kappa shape index (κ2) is 7.21. The van der Waals surface area contributed by atoms with Gasteiger partial charge in [-0.2, -0.15) is 13.2 Å². The van der Waals surface area contributed by atoms with Crippen LogP contribution in [-0.2, 0) is 6.18 Å². The third-order valence-electron chi connectivity index (χ3n) is 3.68. The molecule has 0 aliphatic rings. The number of hydrogen-bond donors (Lipinski definition) is 1. The van der Waals surface area contributed by atoms with Crippen LogP contribution in [0.25, 0.3) is 10.4 Å². The highest BCUT2D eigenvalue weighted by atomic mass is 32.1. The molecule has 3 aromatic rings. The molecule has 0 radical (unpaired) electrons. The summed E-state index contributed by atoms with van der Waals surface area (Å²) in [5, 5.41) is 2.71. The van der Waals surface area contributed by atoms with Crippen molar-refractivity contribution in [3.63, 3.8) is 0 Å². The molecule has 0 aliphatic heterocycles. The Kier molecular flexibility index (Phi) is 4.99. The molecule has 3 nitrogen and oxygen atoms in total. The van der Waals surface area contributed by atoms with Crippen molar-refractivity contribution in [1.29, 1.82) is 0 Å². The largest absolute Gasteiger partial charge is 0.497 e. The minimum Gasteiger partial charge on any atom is -0.497 e. The Morgan fingerprint density at radius 3 is 2.35 bits per heavy atom. The van der Waals surface area contributed by atoms with E-state index in [0.29, 0.717) is 21.2 Å². The molecule has 26 heavy (non-hydrogen) atoms. The summed E-state index contributed by atoms with van der Waals surface area (Å²) in [4.78, 5) is 13.1. The number of halogens is 3. The van der Waals surface area contributed by atoms with Gasteiger partial charge >= 0.3 is 6.18 Å². The molecule has 0 spiro atoms. The molecule has 1 heterocycles. The minimum atomic E-state index is -4.45. The number of anilines is 1. The van der Waals surface area contributed by atoms with Crippen LogP contribution in [0.4, 0.5) is 18.9 Å². The van der Waals surface area contributed by atoms with Gasteiger partial charge in [-0.1, -0.05) is 18.2 Å². The van der Waals surface area contributed by atoms with E-state index in [9.17, 15) is 18.0 Å². The fraction of sp³-hybridized carbons (Fsp3) is 0.105. The lowest BCUT2D eigenvalue weighted by Crippen LogP contribution is -2.09. The predicted molar refractivity (Wildman–Crippen MR) is 95.7 cm³/mol. The van der Waals surface area contributed by atoms with E-state index in [4.69, 9.17) is 4.74 Å². The van der Waals surface area contributed by atoms with Gasteiger partial charge in [-0.15, -0.1) is 11.3 Å². The van der Waals surface area contributed by atoms with E-state index in [1.807, 2.05) is 0 Å². The lowest BCUT2D eigenvalue weighted by molar-refractivity contribution is -0.137. The summed E-state index contributed by atoms with van der Waals surface area (Å²) in [7, 11) is 1.54.